The van der Waals surface area contributed by atoms with Crippen molar-refractivity contribution in [3.63, 3.8) is 0 Å². The molecule has 5 heteroatoms. The van der Waals surface area contributed by atoms with Gasteiger partial charge in [0.1, 0.15) is 5.69 Å². The molecule has 1 rings (SSSR count). The lowest BCUT2D eigenvalue weighted by Crippen LogP contribution is -2.07. The number of alkyl halides is 1. The van der Waals surface area contributed by atoms with Crippen LogP contribution >= 0.6 is 11.6 Å². The minimum absolute atomic E-state index is 0.0691. The van der Waals surface area contributed by atoms with Crippen LogP contribution in [0.25, 0.3) is 0 Å². The Hall–Kier alpha value is -1.29. The van der Waals surface area contributed by atoms with Crippen LogP contribution in [0.3, 0.4) is 0 Å². The van der Waals surface area contributed by atoms with E-state index in [-0.39, 0.29) is 11.7 Å². The normalized spacial score (nSPS) is 11.1. The van der Waals surface area contributed by atoms with Gasteiger partial charge < -0.3 is 9.72 Å². The second kappa shape index (κ2) is 18.2. The molecule has 32 heavy (non-hydrogen) atoms. The summed E-state index contributed by atoms with van der Waals surface area (Å²) in [5.74, 6) is -0.178. The zero-order valence-electron chi connectivity index (χ0n) is 20.8. The van der Waals surface area contributed by atoms with Crippen molar-refractivity contribution < 1.29 is 14.3 Å². The molecule has 0 aliphatic heterocycles. The summed E-state index contributed by atoms with van der Waals surface area (Å²) in [6.07, 6.45) is 20.1. The second-order valence-electron chi connectivity index (χ2n) is 8.96. The number of nitrogens with one attached hydrogen (secondary N) is 1. The number of hydrogen-bond donors (Lipinski definition) is 1. The molecule has 0 fully saturated rings. The van der Waals surface area contributed by atoms with E-state index in [1.54, 1.807) is 13.8 Å². The molecule has 0 saturated heterocycles. The van der Waals surface area contributed by atoms with Gasteiger partial charge in [0.05, 0.1) is 12.5 Å². The average Bonchev–Trinajstić information content (AvgIpc) is 3.13. The predicted molar refractivity (Wildman–Crippen MR) is 135 cm³/mol. The molecule has 1 N–H and O–H groups in total. The van der Waals surface area contributed by atoms with Crippen LogP contribution in [0.1, 0.15) is 149 Å². The summed E-state index contributed by atoms with van der Waals surface area (Å²) < 4.78 is 5.07. The van der Waals surface area contributed by atoms with E-state index in [1.807, 2.05) is 0 Å². The number of esters is 1. The topological polar surface area (TPSA) is 59.2 Å². The van der Waals surface area contributed by atoms with E-state index in [4.69, 9.17) is 16.3 Å². The summed E-state index contributed by atoms with van der Waals surface area (Å²) >= 11 is 6.01. The Labute approximate surface area is 201 Å². The summed E-state index contributed by atoms with van der Waals surface area (Å²) in [6.45, 7) is 6.13. The standard InChI is InChI=1S/C27H46ClNO3/c1-4-6-7-8-9-10-11-12-13-14-15-16-17-18-19-20-24(30)25-22(3)26(27(31)32-5-2)29-23(25)21-28/h29H,4-21H2,1-3H3. The Morgan fingerprint density at radius 1 is 0.781 bits per heavy atom. The fraction of sp³-hybridized carbons (Fsp3) is 0.778. The van der Waals surface area contributed by atoms with E-state index >= 15 is 0 Å². The average molecular weight is 468 g/mol. The van der Waals surface area contributed by atoms with Crippen molar-refractivity contribution >= 4 is 23.4 Å². The van der Waals surface area contributed by atoms with Gasteiger partial charge in [0, 0.05) is 17.7 Å². The van der Waals surface area contributed by atoms with Crippen molar-refractivity contribution in [3.05, 3.63) is 22.5 Å². The third kappa shape index (κ3) is 11.0. The van der Waals surface area contributed by atoms with Crippen molar-refractivity contribution in [2.24, 2.45) is 0 Å². The molecule has 0 aliphatic rings. The molecule has 0 saturated carbocycles. The molecule has 0 unspecified atom stereocenters. The number of carbonyl (C=O) groups is 2. The molecule has 0 atom stereocenters. The number of aromatic amines is 1. The Morgan fingerprint density at radius 3 is 1.69 bits per heavy atom. The summed E-state index contributed by atoms with van der Waals surface area (Å²) in [5.41, 5.74) is 2.21. The molecule has 0 spiro atoms. The number of ether oxygens (including phenoxy) is 1. The van der Waals surface area contributed by atoms with Crippen LogP contribution in [0.15, 0.2) is 0 Å². The molecule has 0 bridgehead atoms. The minimum atomic E-state index is -0.428. The number of aromatic nitrogens is 1. The zero-order chi connectivity index (χ0) is 23.6. The zero-order valence-corrected chi connectivity index (χ0v) is 21.6. The lowest BCUT2D eigenvalue weighted by Gasteiger charge is -2.05. The Bertz CT molecular complexity index is 654. The number of hydrogen-bond acceptors (Lipinski definition) is 3. The molecular formula is C27H46ClNO3. The Balaban J connectivity index is 2.14. The molecule has 0 radical (unpaired) electrons. The van der Waals surface area contributed by atoms with Crippen LogP contribution in [0, 0.1) is 6.92 Å². The van der Waals surface area contributed by atoms with E-state index in [0.717, 1.165) is 12.8 Å². The number of halogens is 1. The smallest absolute Gasteiger partial charge is 0.355 e. The Kier molecular flexibility index (Phi) is 16.3. The second-order valence-corrected chi connectivity index (χ2v) is 9.22. The molecule has 0 aromatic carbocycles. The van der Waals surface area contributed by atoms with Gasteiger partial charge in [-0.25, -0.2) is 4.79 Å². The fourth-order valence-corrected chi connectivity index (χ4v) is 4.53. The van der Waals surface area contributed by atoms with Gasteiger partial charge in [-0.2, -0.15) is 0 Å². The number of ketones is 1. The summed E-state index contributed by atoms with van der Waals surface area (Å²) in [4.78, 5) is 27.8. The maximum Gasteiger partial charge on any atom is 0.355 e. The van der Waals surface area contributed by atoms with Crippen LogP contribution in [-0.4, -0.2) is 23.3 Å². The molecule has 184 valence electrons. The summed E-state index contributed by atoms with van der Waals surface area (Å²) in [5, 5.41) is 0. The van der Waals surface area contributed by atoms with Gasteiger partial charge in [0.2, 0.25) is 0 Å². The largest absolute Gasteiger partial charge is 0.461 e. The van der Waals surface area contributed by atoms with Gasteiger partial charge in [0.15, 0.2) is 5.78 Å². The minimum Gasteiger partial charge on any atom is -0.461 e. The molecule has 1 heterocycles. The van der Waals surface area contributed by atoms with Crippen LogP contribution in [0.5, 0.6) is 0 Å². The third-order valence-electron chi connectivity index (χ3n) is 6.23. The first-order valence-corrected chi connectivity index (χ1v) is 13.6. The fourth-order valence-electron chi connectivity index (χ4n) is 4.33. The number of carbonyl (C=O) groups excluding carboxylic acids is 2. The van der Waals surface area contributed by atoms with E-state index in [1.165, 1.54) is 83.5 Å². The van der Waals surface area contributed by atoms with E-state index in [9.17, 15) is 9.59 Å². The van der Waals surface area contributed by atoms with Crippen molar-refractivity contribution in [3.8, 4) is 0 Å². The van der Waals surface area contributed by atoms with Gasteiger partial charge in [-0.15, -0.1) is 11.6 Å². The molecule has 0 amide bonds. The van der Waals surface area contributed by atoms with Crippen LogP contribution < -0.4 is 0 Å². The lowest BCUT2D eigenvalue weighted by molar-refractivity contribution is 0.0519. The maximum absolute atomic E-state index is 12.7. The van der Waals surface area contributed by atoms with E-state index in [0.29, 0.717) is 35.5 Å². The summed E-state index contributed by atoms with van der Waals surface area (Å²) in [6, 6.07) is 0. The van der Waals surface area contributed by atoms with Gasteiger partial charge in [0.25, 0.3) is 0 Å². The molecular weight excluding hydrogens is 422 g/mol. The number of Topliss-reactive ketones (excluding diaryl/α,β-unsaturated/α-hetero) is 1. The maximum atomic E-state index is 12.7. The quantitative estimate of drug-likeness (QED) is 0.0902. The third-order valence-corrected chi connectivity index (χ3v) is 6.49. The van der Waals surface area contributed by atoms with Gasteiger partial charge >= 0.3 is 5.97 Å². The summed E-state index contributed by atoms with van der Waals surface area (Å²) in [7, 11) is 0. The molecule has 1 aromatic heterocycles. The highest BCUT2D eigenvalue weighted by molar-refractivity contribution is 6.18. The van der Waals surface area contributed by atoms with E-state index < -0.39 is 5.97 Å². The molecule has 4 nitrogen and oxygen atoms in total. The van der Waals surface area contributed by atoms with Crippen molar-refractivity contribution in [1.29, 1.82) is 0 Å². The molecule has 0 aliphatic carbocycles. The SMILES string of the molecule is CCCCCCCCCCCCCCCCCC(=O)c1c(CCl)[nH]c(C(=O)OCC)c1C. The first kappa shape index (κ1) is 28.7. The number of rotatable bonds is 20. The van der Waals surface area contributed by atoms with Crippen LogP contribution in [-0.2, 0) is 10.6 Å². The number of H-pyrrole nitrogens is 1. The van der Waals surface area contributed by atoms with Crippen LogP contribution in [0.4, 0.5) is 0 Å². The highest BCUT2D eigenvalue weighted by Gasteiger charge is 2.23. The van der Waals surface area contributed by atoms with Gasteiger partial charge in [-0.1, -0.05) is 96.8 Å². The van der Waals surface area contributed by atoms with Gasteiger partial charge in [-0.3, -0.25) is 4.79 Å². The first-order valence-electron chi connectivity index (χ1n) is 13.0. The molecule has 1 aromatic rings. The number of unbranched alkanes of at least 4 members (excludes halogenated alkanes) is 14. The Morgan fingerprint density at radius 2 is 1.25 bits per heavy atom. The highest BCUT2D eigenvalue weighted by Crippen LogP contribution is 2.24. The van der Waals surface area contributed by atoms with Crippen LogP contribution in [0.2, 0.25) is 0 Å². The first-order chi connectivity index (χ1) is 15.6. The van der Waals surface area contributed by atoms with Gasteiger partial charge in [-0.05, 0) is 25.8 Å². The highest BCUT2D eigenvalue weighted by atomic mass is 35.5. The van der Waals surface area contributed by atoms with Crippen molar-refractivity contribution in [2.45, 2.75) is 129 Å². The van der Waals surface area contributed by atoms with E-state index in [2.05, 4.69) is 11.9 Å². The van der Waals surface area contributed by atoms with Crippen molar-refractivity contribution in [2.75, 3.05) is 6.61 Å². The lowest BCUT2D eigenvalue weighted by atomic mass is 10.00. The predicted octanol–water partition coefficient (Wildman–Crippen LogP) is 8.68. The monoisotopic (exact) mass is 467 g/mol. The van der Waals surface area contributed by atoms with Crippen molar-refractivity contribution in [1.82, 2.24) is 4.98 Å².